The van der Waals surface area contributed by atoms with E-state index in [4.69, 9.17) is 0 Å². The number of anilines is 1. The lowest BCUT2D eigenvalue weighted by molar-refractivity contribution is -0.141. The Bertz CT molecular complexity index is 766. The van der Waals surface area contributed by atoms with Crippen LogP contribution in [0, 0.1) is 11.7 Å². The Labute approximate surface area is 146 Å². The average molecular weight is 343 g/mol. The van der Waals surface area contributed by atoms with Crippen molar-refractivity contribution in [3.05, 3.63) is 41.8 Å². The molecule has 25 heavy (non-hydrogen) atoms. The average Bonchev–Trinajstić information content (AvgIpc) is 2.62. The molecular weight excluding hydrogens is 321 g/mol. The van der Waals surface area contributed by atoms with E-state index in [-0.39, 0.29) is 11.7 Å². The van der Waals surface area contributed by atoms with Crippen LogP contribution < -0.4 is 4.90 Å². The molecule has 0 aliphatic carbocycles. The van der Waals surface area contributed by atoms with Crippen molar-refractivity contribution in [1.82, 2.24) is 9.97 Å². The summed E-state index contributed by atoms with van der Waals surface area (Å²) in [6.45, 7) is 3.29. The molecule has 1 aromatic carbocycles. The van der Waals surface area contributed by atoms with E-state index in [2.05, 4.69) is 16.9 Å². The molecular formula is C19H22FN3O2. The predicted octanol–water partition coefficient (Wildman–Crippen LogP) is 3.54. The van der Waals surface area contributed by atoms with E-state index in [1.165, 1.54) is 12.1 Å². The first kappa shape index (κ1) is 17.3. The van der Waals surface area contributed by atoms with E-state index >= 15 is 0 Å². The molecule has 6 heteroatoms. The van der Waals surface area contributed by atoms with Gasteiger partial charge in [0.25, 0.3) is 0 Å². The van der Waals surface area contributed by atoms with Gasteiger partial charge in [0.2, 0.25) is 0 Å². The van der Waals surface area contributed by atoms with Crippen LogP contribution in [0.25, 0.3) is 11.4 Å². The van der Waals surface area contributed by atoms with Gasteiger partial charge in [-0.1, -0.05) is 25.5 Å². The minimum atomic E-state index is -0.766. The molecule has 132 valence electrons. The quantitative estimate of drug-likeness (QED) is 0.899. The maximum absolute atomic E-state index is 13.6. The Balaban J connectivity index is 1.97. The lowest BCUT2D eigenvalue weighted by Gasteiger charge is -2.32. The summed E-state index contributed by atoms with van der Waals surface area (Å²) in [5.41, 5.74) is 1.52. The van der Waals surface area contributed by atoms with Crippen LogP contribution in [0.4, 0.5) is 10.2 Å². The van der Waals surface area contributed by atoms with Gasteiger partial charge in [0, 0.05) is 30.4 Å². The second kappa shape index (κ2) is 7.59. The molecule has 1 aliphatic heterocycles. The second-order valence-electron chi connectivity index (χ2n) is 6.42. The maximum Gasteiger partial charge on any atom is 0.308 e. The van der Waals surface area contributed by atoms with Crippen LogP contribution in [0.5, 0.6) is 0 Å². The molecule has 1 fully saturated rings. The fraction of sp³-hybridized carbons (Fsp3) is 0.421. The topological polar surface area (TPSA) is 66.3 Å². The second-order valence-corrected chi connectivity index (χ2v) is 6.42. The smallest absolute Gasteiger partial charge is 0.308 e. The summed E-state index contributed by atoms with van der Waals surface area (Å²) in [7, 11) is 0. The molecule has 2 aromatic rings. The number of hydrogen-bond acceptors (Lipinski definition) is 4. The normalized spacial score (nSPS) is 17.5. The summed E-state index contributed by atoms with van der Waals surface area (Å²) < 4.78 is 13.6. The number of aryl methyl sites for hydroxylation is 1. The Morgan fingerprint density at radius 1 is 1.36 bits per heavy atom. The molecule has 2 heterocycles. The highest BCUT2D eigenvalue weighted by Crippen LogP contribution is 2.26. The number of nitrogens with zero attached hydrogens (tertiary/aromatic N) is 3. The molecule has 0 bridgehead atoms. The largest absolute Gasteiger partial charge is 0.481 e. The number of carboxylic acid groups (broad SMARTS) is 1. The molecule has 1 atom stereocenters. The van der Waals surface area contributed by atoms with Crippen LogP contribution in [0.15, 0.2) is 30.3 Å². The molecule has 0 radical (unpaired) electrons. The van der Waals surface area contributed by atoms with Crippen molar-refractivity contribution in [2.45, 2.75) is 32.6 Å². The van der Waals surface area contributed by atoms with Gasteiger partial charge in [-0.25, -0.2) is 14.4 Å². The van der Waals surface area contributed by atoms with Gasteiger partial charge in [0.05, 0.1) is 5.92 Å². The number of halogens is 1. The highest BCUT2D eigenvalue weighted by Gasteiger charge is 2.26. The van der Waals surface area contributed by atoms with E-state index in [1.807, 2.05) is 11.0 Å². The number of aliphatic carboxylic acids is 1. The number of hydrogen-bond donors (Lipinski definition) is 1. The van der Waals surface area contributed by atoms with Gasteiger partial charge >= 0.3 is 5.97 Å². The fourth-order valence-electron chi connectivity index (χ4n) is 3.17. The van der Waals surface area contributed by atoms with Crippen molar-refractivity contribution in [2.75, 3.05) is 18.0 Å². The summed E-state index contributed by atoms with van der Waals surface area (Å²) in [6, 6.07) is 8.17. The fourth-order valence-corrected chi connectivity index (χ4v) is 3.17. The lowest BCUT2D eigenvalue weighted by atomic mass is 9.98. The number of rotatable bonds is 5. The van der Waals surface area contributed by atoms with Gasteiger partial charge in [-0.3, -0.25) is 4.79 Å². The zero-order valence-corrected chi connectivity index (χ0v) is 14.3. The van der Waals surface area contributed by atoms with Crippen LogP contribution in [-0.2, 0) is 11.2 Å². The lowest BCUT2D eigenvalue weighted by Crippen LogP contribution is -2.39. The number of carbonyl (C=O) groups is 1. The van der Waals surface area contributed by atoms with Crippen LogP contribution in [0.1, 0.15) is 31.9 Å². The van der Waals surface area contributed by atoms with Crippen LogP contribution >= 0.6 is 0 Å². The molecule has 0 saturated carbocycles. The zero-order chi connectivity index (χ0) is 17.8. The molecule has 3 rings (SSSR count). The minimum absolute atomic E-state index is 0.326. The van der Waals surface area contributed by atoms with Gasteiger partial charge in [0.1, 0.15) is 11.6 Å². The molecule has 1 aromatic heterocycles. The first-order valence-electron chi connectivity index (χ1n) is 8.68. The summed E-state index contributed by atoms with van der Waals surface area (Å²) in [5.74, 6) is -0.261. The maximum atomic E-state index is 13.6. The van der Waals surface area contributed by atoms with Crippen molar-refractivity contribution in [1.29, 1.82) is 0 Å². The van der Waals surface area contributed by atoms with E-state index < -0.39 is 5.97 Å². The van der Waals surface area contributed by atoms with E-state index in [9.17, 15) is 14.3 Å². The molecule has 1 N–H and O–H groups in total. The Morgan fingerprint density at radius 3 is 2.92 bits per heavy atom. The monoisotopic (exact) mass is 343 g/mol. The SMILES string of the molecule is CCCc1cc(N2CCCC(C(=O)O)C2)nc(-c2cccc(F)c2)n1. The minimum Gasteiger partial charge on any atom is -0.481 e. The molecule has 1 unspecified atom stereocenters. The molecule has 1 aliphatic rings. The van der Waals surface area contributed by atoms with E-state index in [0.29, 0.717) is 24.4 Å². The van der Waals surface area contributed by atoms with Crippen molar-refractivity contribution >= 4 is 11.8 Å². The van der Waals surface area contributed by atoms with Crippen molar-refractivity contribution in [2.24, 2.45) is 5.92 Å². The highest BCUT2D eigenvalue weighted by atomic mass is 19.1. The van der Waals surface area contributed by atoms with Gasteiger partial charge in [0.15, 0.2) is 5.82 Å². The molecule has 1 saturated heterocycles. The third-order valence-corrected chi connectivity index (χ3v) is 4.45. The highest BCUT2D eigenvalue weighted by molar-refractivity contribution is 5.71. The Kier molecular flexibility index (Phi) is 5.26. The summed E-state index contributed by atoms with van der Waals surface area (Å²) in [4.78, 5) is 22.5. The first-order valence-corrected chi connectivity index (χ1v) is 8.68. The molecule has 0 spiro atoms. The number of aromatic nitrogens is 2. The van der Waals surface area contributed by atoms with Gasteiger partial charge in [-0.2, -0.15) is 0 Å². The third-order valence-electron chi connectivity index (χ3n) is 4.45. The molecule has 5 nitrogen and oxygen atoms in total. The zero-order valence-electron chi connectivity index (χ0n) is 14.3. The summed E-state index contributed by atoms with van der Waals surface area (Å²) in [5, 5.41) is 9.30. The number of benzene rings is 1. The van der Waals surface area contributed by atoms with Crippen LogP contribution in [-0.4, -0.2) is 34.1 Å². The Morgan fingerprint density at radius 2 is 2.20 bits per heavy atom. The van der Waals surface area contributed by atoms with Gasteiger partial charge < -0.3 is 10.0 Å². The van der Waals surface area contributed by atoms with Crippen molar-refractivity contribution in [3.8, 4) is 11.4 Å². The van der Waals surface area contributed by atoms with Crippen LogP contribution in [0.3, 0.4) is 0 Å². The van der Waals surface area contributed by atoms with Crippen molar-refractivity contribution < 1.29 is 14.3 Å². The van der Waals surface area contributed by atoms with Gasteiger partial charge in [-0.15, -0.1) is 0 Å². The van der Waals surface area contributed by atoms with Gasteiger partial charge in [-0.05, 0) is 31.4 Å². The van der Waals surface area contributed by atoms with E-state index in [1.54, 1.807) is 12.1 Å². The van der Waals surface area contributed by atoms with Crippen molar-refractivity contribution in [3.63, 3.8) is 0 Å². The number of piperidine rings is 1. The first-order chi connectivity index (χ1) is 12.1. The predicted molar refractivity (Wildman–Crippen MR) is 94.0 cm³/mol. The van der Waals surface area contributed by atoms with Crippen LogP contribution in [0.2, 0.25) is 0 Å². The standard InChI is InChI=1S/C19H22FN3O2/c1-2-5-16-11-17(23-9-4-7-14(12-23)19(24)25)22-18(21-16)13-6-3-8-15(20)10-13/h3,6,8,10-11,14H,2,4-5,7,9,12H2,1H3,(H,24,25). The van der Waals surface area contributed by atoms with E-state index in [0.717, 1.165) is 37.3 Å². The molecule has 0 amide bonds. The number of carboxylic acids is 1. The third kappa shape index (κ3) is 4.13. The summed E-state index contributed by atoms with van der Waals surface area (Å²) >= 11 is 0. The summed E-state index contributed by atoms with van der Waals surface area (Å²) in [6.07, 6.45) is 3.25. The Hall–Kier alpha value is -2.50.